The lowest BCUT2D eigenvalue weighted by molar-refractivity contribution is -0.147. The van der Waals surface area contributed by atoms with Crippen LogP contribution in [0.4, 0.5) is 8.78 Å². The van der Waals surface area contributed by atoms with E-state index < -0.39 is 11.6 Å². The minimum atomic E-state index is -0.626. The Bertz CT molecular complexity index is 929. The third kappa shape index (κ3) is 4.38. The molecule has 0 radical (unpaired) electrons. The Kier molecular flexibility index (Phi) is 6.11. The minimum absolute atomic E-state index is 0.108. The van der Waals surface area contributed by atoms with Crippen LogP contribution in [0.5, 0.6) is 0 Å². The van der Waals surface area contributed by atoms with Crippen LogP contribution in [0.15, 0.2) is 45.9 Å². The summed E-state index contributed by atoms with van der Waals surface area (Å²) in [5.74, 6) is -1.58. The van der Waals surface area contributed by atoms with Crippen molar-refractivity contribution in [3.05, 3.63) is 68.6 Å². The van der Waals surface area contributed by atoms with E-state index in [1.807, 2.05) is 32.9 Å². The zero-order chi connectivity index (χ0) is 20.6. The fourth-order valence-corrected chi connectivity index (χ4v) is 4.24. The number of halogens is 4. The lowest BCUT2D eigenvalue weighted by Crippen LogP contribution is -2.11. The molecule has 0 aliphatic heterocycles. The maximum absolute atomic E-state index is 13.6. The summed E-state index contributed by atoms with van der Waals surface area (Å²) in [6, 6.07) is 8.88. The summed E-state index contributed by atoms with van der Waals surface area (Å²) in [5.41, 5.74) is 2.65. The molecule has 2 unspecified atom stereocenters. The molecule has 0 saturated heterocycles. The minimum Gasteiger partial charge on any atom is -0.461 e. The molecule has 2 atom stereocenters. The second kappa shape index (κ2) is 8.07. The highest BCUT2D eigenvalue weighted by atomic mass is 79.9. The highest BCUT2D eigenvalue weighted by molar-refractivity contribution is 9.28. The summed E-state index contributed by atoms with van der Waals surface area (Å²) in [6.45, 7) is 6.05. The molecule has 3 rings (SSSR count). The topological polar surface area (TPSA) is 26.3 Å². The third-order valence-corrected chi connectivity index (χ3v) is 5.99. The number of esters is 1. The average Bonchev–Trinajstić information content (AvgIpc) is 3.12. The van der Waals surface area contributed by atoms with Gasteiger partial charge in [-0.3, -0.25) is 4.79 Å². The Labute approximate surface area is 180 Å². The van der Waals surface area contributed by atoms with Crippen LogP contribution in [0.25, 0.3) is 11.1 Å². The number of hydrogen-bond donors (Lipinski definition) is 0. The number of rotatable bonds is 5. The van der Waals surface area contributed by atoms with Crippen LogP contribution in [0.2, 0.25) is 0 Å². The van der Waals surface area contributed by atoms with Crippen LogP contribution >= 0.6 is 31.9 Å². The molecule has 1 aliphatic carbocycles. The van der Waals surface area contributed by atoms with Gasteiger partial charge in [0.05, 0.1) is 9.31 Å². The molecule has 0 bridgehead atoms. The van der Waals surface area contributed by atoms with Crippen molar-refractivity contribution in [3.8, 4) is 11.1 Å². The normalized spacial score (nSPS) is 19.8. The van der Waals surface area contributed by atoms with E-state index in [9.17, 15) is 13.6 Å². The number of carbonyl (C=O) groups excluding carboxylic acids is 1. The van der Waals surface area contributed by atoms with Gasteiger partial charge in [-0.2, -0.15) is 0 Å². The molecule has 0 N–H and O–H groups in total. The van der Waals surface area contributed by atoms with Crippen LogP contribution < -0.4 is 0 Å². The van der Waals surface area contributed by atoms with Crippen LogP contribution in [-0.2, 0) is 16.1 Å². The zero-order valence-electron chi connectivity index (χ0n) is 15.7. The number of ether oxygens (including phenoxy) is 1. The quantitative estimate of drug-likeness (QED) is 0.407. The van der Waals surface area contributed by atoms with E-state index >= 15 is 0 Å². The lowest BCUT2D eigenvalue weighted by Gasteiger charge is -2.13. The largest absolute Gasteiger partial charge is 0.461 e. The van der Waals surface area contributed by atoms with E-state index in [1.54, 1.807) is 12.1 Å². The molecule has 0 aromatic heterocycles. The molecule has 148 valence electrons. The van der Waals surface area contributed by atoms with Crippen LogP contribution in [0, 0.1) is 35.8 Å². The molecule has 1 fully saturated rings. The molecule has 0 heterocycles. The van der Waals surface area contributed by atoms with Crippen molar-refractivity contribution in [2.45, 2.75) is 27.4 Å². The van der Waals surface area contributed by atoms with Crippen LogP contribution in [0.1, 0.15) is 25.0 Å². The van der Waals surface area contributed by atoms with Gasteiger partial charge in [-0.05, 0) is 84.5 Å². The maximum Gasteiger partial charge on any atom is 0.310 e. The fraction of sp³-hybridized carbons (Fsp3) is 0.318. The molecule has 6 heteroatoms. The van der Waals surface area contributed by atoms with Gasteiger partial charge in [-0.1, -0.05) is 38.1 Å². The van der Waals surface area contributed by atoms with Gasteiger partial charge in [0.2, 0.25) is 0 Å². The molecule has 1 aliphatic rings. The second-order valence-corrected chi connectivity index (χ2v) is 10.4. The monoisotopic (exact) mass is 512 g/mol. The molecule has 0 amide bonds. The van der Waals surface area contributed by atoms with Gasteiger partial charge in [-0.15, -0.1) is 0 Å². The third-order valence-electron chi connectivity index (χ3n) is 5.46. The molecular formula is C22H20Br2F2O2. The predicted molar refractivity (Wildman–Crippen MR) is 113 cm³/mol. The average molecular weight is 514 g/mol. The van der Waals surface area contributed by atoms with Crippen molar-refractivity contribution in [3.63, 3.8) is 0 Å². The van der Waals surface area contributed by atoms with Crippen molar-refractivity contribution >= 4 is 37.8 Å². The highest BCUT2D eigenvalue weighted by Gasteiger charge is 2.61. The van der Waals surface area contributed by atoms with E-state index in [2.05, 4.69) is 31.9 Å². The lowest BCUT2D eigenvalue weighted by atomic mass is 9.96. The Morgan fingerprint density at radius 2 is 1.82 bits per heavy atom. The summed E-state index contributed by atoms with van der Waals surface area (Å²) in [5, 5.41) is 0. The van der Waals surface area contributed by atoms with Gasteiger partial charge in [-0.25, -0.2) is 8.78 Å². The Hall–Kier alpha value is -1.53. The summed E-state index contributed by atoms with van der Waals surface area (Å²) in [6.07, 6.45) is 1.97. The summed E-state index contributed by atoms with van der Waals surface area (Å²) in [4.78, 5) is 12.6. The summed E-state index contributed by atoms with van der Waals surface area (Å²) >= 11 is 6.68. The first-order valence-corrected chi connectivity index (χ1v) is 10.4. The van der Waals surface area contributed by atoms with Crippen molar-refractivity contribution < 1.29 is 18.3 Å². The van der Waals surface area contributed by atoms with Gasteiger partial charge >= 0.3 is 5.97 Å². The smallest absolute Gasteiger partial charge is 0.310 e. The van der Waals surface area contributed by atoms with E-state index in [-0.39, 0.29) is 29.8 Å². The second-order valence-electron chi connectivity index (χ2n) is 7.64. The van der Waals surface area contributed by atoms with Gasteiger partial charge in [0.1, 0.15) is 18.2 Å². The predicted octanol–water partition coefficient (Wildman–Crippen LogP) is 6.89. The van der Waals surface area contributed by atoms with Gasteiger partial charge in [0.25, 0.3) is 0 Å². The first kappa shape index (κ1) is 21.2. The van der Waals surface area contributed by atoms with E-state index in [1.165, 1.54) is 12.1 Å². The first-order chi connectivity index (χ1) is 13.1. The van der Waals surface area contributed by atoms with E-state index in [4.69, 9.17) is 4.74 Å². The fourth-order valence-electron chi connectivity index (χ4n) is 3.68. The van der Waals surface area contributed by atoms with Crippen molar-refractivity contribution in [2.75, 3.05) is 0 Å². The summed E-state index contributed by atoms with van der Waals surface area (Å²) < 4.78 is 33.5. The van der Waals surface area contributed by atoms with E-state index in [0.29, 0.717) is 11.1 Å². The first-order valence-electron chi connectivity index (χ1n) is 8.85. The Morgan fingerprint density at radius 3 is 2.43 bits per heavy atom. The Morgan fingerprint density at radius 1 is 1.18 bits per heavy atom. The van der Waals surface area contributed by atoms with Gasteiger partial charge in [0, 0.05) is 6.07 Å². The Balaban J connectivity index is 1.76. The highest BCUT2D eigenvalue weighted by Crippen LogP contribution is 2.60. The number of benzene rings is 2. The van der Waals surface area contributed by atoms with Crippen molar-refractivity contribution in [1.82, 2.24) is 0 Å². The molecule has 28 heavy (non-hydrogen) atoms. The molecule has 0 spiro atoms. The van der Waals surface area contributed by atoms with Crippen LogP contribution in [-0.4, -0.2) is 5.97 Å². The van der Waals surface area contributed by atoms with Crippen LogP contribution in [0.3, 0.4) is 0 Å². The van der Waals surface area contributed by atoms with Gasteiger partial charge in [0.15, 0.2) is 0 Å². The molecular weight excluding hydrogens is 494 g/mol. The molecule has 2 aromatic rings. The zero-order valence-corrected chi connectivity index (χ0v) is 18.9. The molecule has 1 saturated carbocycles. The van der Waals surface area contributed by atoms with Crippen molar-refractivity contribution in [2.24, 2.45) is 17.3 Å². The SMILES string of the molecule is Cc1c(COC(=O)C2C(C=C(Br)Br)C2(C)C)cccc1-c1cc(F)cc(F)c1. The van der Waals surface area contributed by atoms with Gasteiger partial charge < -0.3 is 4.74 Å². The maximum atomic E-state index is 13.6. The number of hydrogen-bond acceptors (Lipinski definition) is 2. The summed E-state index contributed by atoms with van der Waals surface area (Å²) in [7, 11) is 0. The molecule has 2 aromatic carbocycles. The van der Waals surface area contributed by atoms with Crippen molar-refractivity contribution in [1.29, 1.82) is 0 Å². The molecule has 2 nitrogen and oxygen atoms in total. The number of carbonyl (C=O) groups is 1. The van der Waals surface area contributed by atoms with E-state index in [0.717, 1.165) is 20.6 Å². The standard InChI is InChI=1S/C22H20Br2F2O2/c1-12-13(5-4-6-17(12)14-7-15(25)9-16(26)8-14)11-28-21(27)20-18(10-19(23)24)22(20,2)3/h4-10,18,20H,11H2,1-3H3. The number of allylic oxidation sites excluding steroid dienone is 1.